The quantitative estimate of drug-likeness (QED) is 0.829. The Hall–Kier alpha value is -1.84. The van der Waals surface area contributed by atoms with Gasteiger partial charge >= 0.3 is 0 Å². The van der Waals surface area contributed by atoms with Gasteiger partial charge in [-0.3, -0.25) is 0 Å². The van der Waals surface area contributed by atoms with E-state index in [0.717, 1.165) is 18.7 Å². The highest BCUT2D eigenvalue weighted by molar-refractivity contribution is 5.49. The van der Waals surface area contributed by atoms with Gasteiger partial charge in [0.15, 0.2) is 11.6 Å². The fourth-order valence-electron chi connectivity index (χ4n) is 1.22. The predicted molar refractivity (Wildman–Crippen MR) is 58.5 cm³/mol. The molecule has 1 N–H and O–H groups in total. The molecule has 2 aromatic rings. The van der Waals surface area contributed by atoms with Crippen LogP contribution in [-0.2, 0) is 0 Å². The monoisotopic (exact) mass is 203 g/mol. The molecule has 0 amide bonds. The maximum absolute atomic E-state index is 5.20. The number of rotatable bonds is 4. The van der Waals surface area contributed by atoms with E-state index >= 15 is 0 Å². The molecule has 0 aromatic carbocycles. The number of furan rings is 1. The summed E-state index contributed by atoms with van der Waals surface area (Å²) >= 11 is 0. The van der Waals surface area contributed by atoms with Gasteiger partial charge in [-0.1, -0.05) is 6.92 Å². The lowest BCUT2D eigenvalue weighted by molar-refractivity contribution is 0.577. The Labute approximate surface area is 88.4 Å². The molecule has 78 valence electrons. The maximum Gasteiger partial charge on any atom is 0.195 e. The fourth-order valence-corrected chi connectivity index (χ4v) is 1.22. The Morgan fingerprint density at radius 2 is 2.13 bits per heavy atom. The van der Waals surface area contributed by atoms with Crippen LogP contribution < -0.4 is 5.32 Å². The minimum absolute atomic E-state index is 0.613. The Morgan fingerprint density at radius 3 is 2.73 bits per heavy atom. The van der Waals surface area contributed by atoms with Crippen molar-refractivity contribution in [2.24, 2.45) is 0 Å². The summed E-state index contributed by atoms with van der Waals surface area (Å²) in [5.41, 5.74) is 0.937. The first kappa shape index (κ1) is 9.71. The van der Waals surface area contributed by atoms with Crippen LogP contribution >= 0.6 is 0 Å². The van der Waals surface area contributed by atoms with Gasteiger partial charge in [0, 0.05) is 6.54 Å². The van der Waals surface area contributed by atoms with E-state index in [1.807, 2.05) is 12.1 Å². The number of aromatic nitrogens is 2. The lowest BCUT2D eigenvalue weighted by Gasteiger charge is -2.03. The summed E-state index contributed by atoms with van der Waals surface area (Å²) in [5.74, 6) is 1.30. The van der Waals surface area contributed by atoms with Gasteiger partial charge in [-0.2, -0.15) is 0 Å². The zero-order valence-corrected chi connectivity index (χ0v) is 8.60. The van der Waals surface area contributed by atoms with Crippen LogP contribution in [0.15, 0.2) is 35.2 Å². The van der Waals surface area contributed by atoms with Gasteiger partial charge in [-0.15, -0.1) is 0 Å². The Balaban J connectivity index is 2.11. The molecule has 0 fully saturated rings. The van der Waals surface area contributed by atoms with Gasteiger partial charge in [0.2, 0.25) is 0 Å². The molecule has 0 aliphatic carbocycles. The molecule has 0 aliphatic heterocycles. The van der Waals surface area contributed by atoms with E-state index in [1.54, 1.807) is 18.7 Å². The fraction of sp³-hybridized carbons (Fsp3) is 0.273. The van der Waals surface area contributed by atoms with Crippen LogP contribution in [0, 0.1) is 0 Å². The molecule has 2 rings (SSSR count). The molecule has 4 nitrogen and oxygen atoms in total. The van der Waals surface area contributed by atoms with Gasteiger partial charge < -0.3 is 9.73 Å². The molecule has 0 atom stereocenters. The van der Waals surface area contributed by atoms with Crippen LogP contribution in [-0.4, -0.2) is 16.5 Å². The van der Waals surface area contributed by atoms with Crippen molar-refractivity contribution >= 4 is 5.69 Å². The van der Waals surface area contributed by atoms with E-state index in [0.29, 0.717) is 11.6 Å². The number of hydrogen-bond donors (Lipinski definition) is 1. The highest BCUT2D eigenvalue weighted by Crippen LogP contribution is 2.15. The summed E-state index contributed by atoms with van der Waals surface area (Å²) in [6.07, 6.45) is 6.23. The first-order chi connectivity index (χ1) is 7.40. The molecule has 0 unspecified atom stereocenters. The van der Waals surface area contributed by atoms with Crippen LogP contribution in [0.1, 0.15) is 13.3 Å². The van der Waals surface area contributed by atoms with E-state index in [2.05, 4.69) is 22.2 Å². The largest absolute Gasteiger partial charge is 0.461 e. The molecule has 0 bridgehead atoms. The molecule has 0 aliphatic rings. The van der Waals surface area contributed by atoms with Crippen molar-refractivity contribution in [3.05, 3.63) is 30.8 Å². The zero-order valence-electron chi connectivity index (χ0n) is 8.60. The smallest absolute Gasteiger partial charge is 0.195 e. The number of hydrogen-bond acceptors (Lipinski definition) is 4. The molecule has 0 saturated carbocycles. The summed E-state index contributed by atoms with van der Waals surface area (Å²) in [6, 6.07) is 3.66. The van der Waals surface area contributed by atoms with Crippen molar-refractivity contribution in [2.45, 2.75) is 13.3 Å². The van der Waals surface area contributed by atoms with Crippen molar-refractivity contribution < 1.29 is 4.42 Å². The number of anilines is 1. The maximum atomic E-state index is 5.20. The van der Waals surface area contributed by atoms with Crippen LogP contribution in [0.5, 0.6) is 0 Å². The lowest BCUT2D eigenvalue weighted by atomic mass is 10.4. The summed E-state index contributed by atoms with van der Waals surface area (Å²) in [4.78, 5) is 8.41. The van der Waals surface area contributed by atoms with Crippen molar-refractivity contribution in [1.82, 2.24) is 9.97 Å². The predicted octanol–water partition coefficient (Wildman–Crippen LogP) is 2.56. The molecular formula is C11H13N3O. The molecule has 2 heterocycles. The molecule has 4 heteroatoms. The molecule has 15 heavy (non-hydrogen) atoms. The Morgan fingerprint density at radius 1 is 1.33 bits per heavy atom. The van der Waals surface area contributed by atoms with E-state index in [9.17, 15) is 0 Å². The van der Waals surface area contributed by atoms with Crippen LogP contribution in [0.2, 0.25) is 0 Å². The van der Waals surface area contributed by atoms with E-state index in [-0.39, 0.29) is 0 Å². The third kappa shape index (κ3) is 2.34. The highest BCUT2D eigenvalue weighted by atomic mass is 16.3. The highest BCUT2D eigenvalue weighted by Gasteiger charge is 2.02. The van der Waals surface area contributed by atoms with Crippen LogP contribution in [0.25, 0.3) is 11.6 Å². The number of nitrogens with one attached hydrogen (secondary N) is 1. The number of nitrogens with zero attached hydrogens (tertiary/aromatic N) is 2. The summed E-state index contributed by atoms with van der Waals surface area (Å²) < 4.78 is 5.20. The Bertz CT molecular complexity index is 394. The molecule has 0 saturated heterocycles. The van der Waals surface area contributed by atoms with E-state index < -0.39 is 0 Å². The average Bonchev–Trinajstić information content (AvgIpc) is 2.80. The van der Waals surface area contributed by atoms with Crippen LogP contribution in [0.4, 0.5) is 5.69 Å². The summed E-state index contributed by atoms with van der Waals surface area (Å²) in [6.45, 7) is 3.05. The average molecular weight is 203 g/mol. The summed E-state index contributed by atoms with van der Waals surface area (Å²) in [7, 11) is 0. The summed E-state index contributed by atoms with van der Waals surface area (Å²) in [5, 5.41) is 3.21. The van der Waals surface area contributed by atoms with Crippen molar-refractivity contribution in [3.63, 3.8) is 0 Å². The second kappa shape index (κ2) is 4.59. The lowest BCUT2D eigenvalue weighted by Crippen LogP contribution is -2.00. The normalized spacial score (nSPS) is 10.2. The molecule has 2 aromatic heterocycles. The van der Waals surface area contributed by atoms with E-state index in [4.69, 9.17) is 4.42 Å². The zero-order chi connectivity index (χ0) is 10.5. The van der Waals surface area contributed by atoms with Gasteiger partial charge in [0.05, 0.1) is 24.3 Å². The second-order valence-electron chi connectivity index (χ2n) is 3.20. The van der Waals surface area contributed by atoms with Crippen molar-refractivity contribution in [2.75, 3.05) is 11.9 Å². The third-order valence-corrected chi connectivity index (χ3v) is 1.97. The molecule has 0 radical (unpaired) electrons. The van der Waals surface area contributed by atoms with Crippen molar-refractivity contribution in [3.8, 4) is 11.6 Å². The first-order valence-electron chi connectivity index (χ1n) is 5.00. The van der Waals surface area contributed by atoms with Gasteiger partial charge in [0.25, 0.3) is 0 Å². The molecule has 0 spiro atoms. The Kier molecular flexibility index (Phi) is 2.97. The standard InChI is InChI=1S/C11H13N3O/c1-2-5-12-9-7-13-11(14-8-9)10-4-3-6-15-10/h3-4,6-8,12H,2,5H2,1H3. The first-order valence-corrected chi connectivity index (χ1v) is 5.00. The van der Waals surface area contributed by atoms with Crippen molar-refractivity contribution in [1.29, 1.82) is 0 Å². The third-order valence-electron chi connectivity index (χ3n) is 1.97. The second-order valence-corrected chi connectivity index (χ2v) is 3.20. The van der Waals surface area contributed by atoms with Gasteiger partial charge in [0.1, 0.15) is 0 Å². The molecular weight excluding hydrogens is 190 g/mol. The van der Waals surface area contributed by atoms with Crippen LogP contribution in [0.3, 0.4) is 0 Å². The van der Waals surface area contributed by atoms with E-state index in [1.165, 1.54) is 0 Å². The van der Waals surface area contributed by atoms with Gasteiger partial charge in [-0.25, -0.2) is 9.97 Å². The minimum Gasteiger partial charge on any atom is -0.461 e. The topological polar surface area (TPSA) is 51.0 Å². The SMILES string of the molecule is CCCNc1cnc(-c2ccco2)nc1. The van der Waals surface area contributed by atoms with Gasteiger partial charge in [-0.05, 0) is 18.6 Å². The minimum atomic E-state index is 0.613.